The van der Waals surface area contributed by atoms with Crippen molar-refractivity contribution in [1.82, 2.24) is 0 Å². The van der Waals surface area contributed by atoms with E-state index in [9.17, 15) is 27.1 Å². The molecule has 0 aliphatic heterocycles. The maximum absolute atomic E-state index is 14.2. The summed E-state index contributed by atoms with van der Waals surface area (Å²) in [6.45, 7) is 3.45. The van der Waals surface area contributed by atoms with E-state index < -0.39 is 34.8 Å². The normalized spacial score (nSPS) is 15.9. The number of hydrogen-bond donors (Lipinski definition) is 1. The van der Waals surface area contributed by atoms with Crippen molar-refractivity contribution in [2.75, 3.05) is 0 Å². The third kappa shape index (κ3) is 3.62. The number of hydrogen-bond acceptors (Lipinski definition) is 2. The van der Waals surface area contributed by atoms with Crippen molar-refractivity contribution in [2.24, 2.45) is 10.9 Å². The standard InChI is InChI=1S/C21H20F5NO/c1-10-8-11(2)21(28)13(9-10)19(12-6-4-3-5-7-12)27-20-17(25)15(23)14(22)16(24)18(20)26/h8-9,12,28H,3-7H2,1-2H3. The molecule has 7 heteroatoms. The lowest BCUT2D eigenvalue weighted by atomic mass is 9.82. The highest BCUT2D eigenvalue weighted by Gasteiger charge is 2.29. The molecule has 3 rings (SSSR count). The zero-order valence-corrected chi connectivity index (χ0v) is 15.6. The highest BCUT2D eigenvalue weighted by molar-refractivity contribution is 6.06. The van der Waals surface area contributed by atoms with E-state index in [1.807, 2.05) is 0 Å². The first-order valence-corrected chi connectivity index (χ1v) is 9.13. The van der Waals surface area contributed by atoms with Gasteiger partial charge < -0.3 is 5.11 Å². The molecular weight excluding hydrogens is 377 g/mol. The van der Waals surface area contributed by atoms with Gasteiger partial charge in [-0.15, -0.1) is 0 Å². The molecule has 0 saturated heterocycles. The van der Waals surface area contributed by atoms with E-state index in [0.29, 0.717) is 18.4 Å². The molecule has 2 aromatic rings. The van der Waals surface area contributed by atoms with Gasteiger partial charge in [-0.3, -0.25) is 0 Å². The molecule has 0 heterocycles. The summed E-state index contributed by atoms with van der Waals surface area (Å²) in [6, 6.07) is 3.34. The lowest BCUT2D eigenvalue weighted by molar-refractivity contribution is 0.380. The Hall–Kier alpha value is -2.44. The highest BCUT2D eigenvalue weighted by Crippen LogP contribution is 2.36. The van der Waals surface area contributed by atoms with Crippen LogP contribution in [0.5, 0.6) is 5.75 Å². The Morgan fingerprint density at radius 2 is 1.39 bits per heavy atom. The number of phenols is 1. The minimum atomic E-state index is -2.22. The molecule has 1 aliphatic carbocycles. The van der Waals surface area contributed by atoms with Crippen molar-refractivity contribution in [3.05, 3.63) is 57.9 Å². The summed E-state index contributed by atoms with van der Waals surface area (Å²) in [6.07, 6.45) is 4.01. The molecule has 28 heavy (non-hydrogen) atoms. The van der Waals surface area contributed by atoms with Gasteiger partial charge in [0, 0.05) is 11.5 Å². The van der Waals surface area contributed by atoms with Crippen molar-refractivity contribution in [3.63, 3.8) is 0 Å². The first-order chi connectivity index (χ1) is 13.2. The molecule has 0 bridgehead atoms. The Kier molecular flexibility index (Phi) is 5.72. The Balaban J connectivity index is 2.27. The Morgan fingerprint density at radius 3 is 1.96 bits per heavy atom. The van der Waals surface area contributed by atoms with E-state index in [4.69, 9.17) is 0 Å². The average molecular weight is 397 g/mol. The van der Waals surface area contributed by atoms with Crippen LogP contribution in [0.25, 0.3) is 0 Å². The monoisotopic (exact) mass is 397 g/mol. The summed E-state index contributed by atoms with van der Waals surface area (Å²) < 4.78 is 69.0. The summed E-state index contributed by atoms with van der Waals surface area (Å²) in [7, 11) is 0. The second-order valence-corrected chi connectivity index (χ2v) is 7.23. The topological polar surface area (TPSA) is 32.6 Å². The summed E-state index contributed by atoms with van der Waals surface area (Å²) in [5, 5.41) is 10.5. The number of phenolic OH excluding ortho intramolecular Hbond substituents is 1. The van der Waals surface area contributed by atoms with E-state index in [2.05, 4.69) is 4.99 Å². The number of nitrogens with zero attached hydrogens (tertiary/aromatic N) is 1. The van der Waals surface area contributed by atoms with Crippen LogP contribution in [-0.2, 0) is 0 Å². The van der Waals surface area contributed by atoms with Crippen LogP contribution in [0.1, 0.15) is 48.8 Å². The third-order valence-electron chi connectivity index (χ3n) is 5.13. The average Bonchev–Trinajstić information content (AvgIpc) is 2.69. The molecule has 2 aromatic carbocycles. The number of aliphatic imine (C=N–C) groups is 1. The maximum Gasteiger partial charge on any atom is 0.200 e. The van der Waals surface area contributed by atoms with E-state index in [-0.39, 0.29) is 22.9 Å². The Morgan fingerprint density at radius 1 is 0.857 bits per heavy atom. The van der Waals surface area contributed by atoms with Crippen LogP contribution >= 0.6 is 0 Å². The molecular formula is C21H20F5NO. The molecule has 0 radical (unpaired) electrons. The molecule has 2 nitrogen and oxygen atoms in total. The van der Waals surface area contributed by atoms with E-state index in [0.717, 1.165) is 24.8 Å². The van der Waals surface area contributed by atoms with Crippen LogP contribution in [0.3, 0.4) is 0 Å². The maximum atomic E-state index is 14.2. The summed E-state index contributed by atoms with van der Waals surface area (Å²) in [5.41, 5.74) is 0.498. The van der Waals surface area contributed by atoms with Crippen LogP contribution in [-0.4, -0.2) is 10.8 Å². The van der Waals surface area contributed by atoms with Crippen molar-refractivity contribution in [1.29, 1.82) is 0 Å². The molecule has 150 valence electrons. The molecule has 1 saturated carbocycles. The van der Waals surface area contributed by atoms with Gasteiger partial charge in [-0.25, -0.2) is 26.9 Å². The van der Waals surface area contributed by atoms with Gasteiger partial charge in [0.15, 0.2) is 23.3 Å². The Bertz CT molecular complexity index is 920. The largest absolute Gasteiger partial charge is 0.507 e. The molecule has 0 spiro atoms. The van der Waals surface area contributed by atoms with E-state index in [1.165, 1.54) is 0 Å². The fraction of sp³-hybridized carbons (Fsp3) is 0.381. The number of halogens is 5. The van der Waals surface area contributed by atoms with Gasteiger partial charge in [0.25, 0.3) is 0 Å². The summed E-state index contributed by atoms with van der Waals surface area (Å²) >= 11 is 0. The predicted octanol–water partition coefficient (Wildman–Crippen LogP) is 6.41. The minimum absolute atomic E-state index is 0.112. The number of benzene rings is 2. The van der Waals surface area contributed by atoms with Gasteiger partial charge >= 0.3 is 0 Å². The van der Waals surface area contributed by atoms with Crippen molar-refractivity contribution in [2.45, 2.75) is 46.0 Å². The fourth-order valence-electron chi connectivity index (χ4n) is 3.71. The van der Waals surface area contributed by atoms with Crippen LogP contribution in [0, 0.1) is 48.9 Å². The molecule has 0 aromatic heterocycles. The second-order valence-electron chi connectivity index (χ2n) is 7.23. The number of rotatable bonds is 3. The number of aryl methyl sites for hydroxylation is 2. The lowest BCUT2D eigenvalue weighted by Crippen LogP contribution is -2.20. The van der Waals surface area contributed by atoms with Gasteiger partial charge in [-0.05, 0) is 43.9 Å². The van der Waals surface area contributed by atoms with Crippen molar-refractivity contribution in [3.8, 4) is 5.75 Å². The first kappa shape index (κ1) is 20.3. The third-order valence-corrected chi connectivity index (χ3v) is 5.13. The van der Waals surface area contributed by atoms with Gasteiger partial charge in [-0.1, -0.05) is 25.3 Å². The van der Waals surface area contributed by atoms with Crippen LogP contribution in [0.15, 0.2) is 17.1 Å². The Labute approximate surface area is 159 Å². The molecule has 1 aliphatic rings. The number of aromatic hydroxyl groups is 1. The van der Waals surface area contributed by atoms with Crippen LogP contribution in [0.4, 0.5) is 27.6 Å². The van der Waals surface area contributed by atoms with E-state index >= 15 is 0 Å². The molecule has 0 atom stereocenters. The second kappa shape index (κ2) is 7.89. The fourth-order valence-corrected chi connectivity index (χ4v) is 3.71. The van der Waals surface area contributed by atoms with Gasteiger partial charge in [0.05, 0.1) is 5.71 Å². The highest BCUT2D eigenvalue weighted by atomic mass is 19.2. The zero-order valence-electron chi connectivity index (χ0n) is 15.6. The summed E-state index contributed by atoms with van der Waals surface area (Å²) in [5.74, 6) is -10.6. The van der Waals surface area contributed by atoms with Crippen molar-refractivity contribution < 1.29 is 27.1 Å². The quantitative estimate of drug-likeness (QED) is 0.276. The zero-order chi connectivity index (χ0) is 20.6. The SMILES string of the molecule is Cc1cc(C)c(O)c(C(=Nc2c(F)c(F)c(F)c(F)c2F)C2CCCCC2)c1. The molecule has 0 unspecified atom stereocenters. The van der Waals surface area contributed by atoms with Crippen LogP contribution in [0.2, 0.25) is 0 Å². The smallest absolute Gasteiger partial charge is 0.200 e. The van der Waals surface area contributed by atoms with Gasteiger partial charge in [0.2, 0.25) is 5.82 Å². The molecule has 1 N–H and O–H groups in total. The molecule has 1 fully saturated rings. The molecule has 0 amide bonds. The van der Waals surface area contributed by atoms with Gasteiger partial charge in [-0.2, -0.15) is 0 Å². The van der Waals surface area contributed by atoms with Crippen molar-refractivity contribution >= 4 is 11.4 Å². The van der Waals surface area contributed by atoms with Gasteiger partial charge in [0.1, 0.15) is 11.4 Å². The minimum Gasteiger partial charge on any atom is -0.507 e. The summed E-state index contributed by atoms with van der Waals surface area (Å²) in [4.78, 5) is 3.92. The van der Waals surface area contributed by atoms with Crippen LogP contribution < -0.4 is 0 Å². The lowest BCUT2D eigenvalue weighted by Gasteiger charge is -2.25. The first-order valence-electron chi connectivity index (χ1n) is 9.13. The van der Waals surface area contributed by atoms with E-state index in [1.54, 1.807) is 26.0 Å². The predicted molar refractivity (Wildman–Crippen MR) is 96.6 cm³/mol.